The number of methoxy groups -OCH3 is 1. The van der Waals surface area contributed by atoms with Gasteiger partial charge in [0.25, 0.3) is 11.5 Å². The molecule has 1 amide bonds. The summed E-state index contributed by atoms with van der Waals surface area (Å²) in [5.41, 5.74) is 0.503. The molecule has 27 heavy (non-hydrogen) atoms. The SMILES string of the molecule is COc1cccc(COn2cccc(C(=O)Nc3ccc(F)cc3)c2=O)c1. The molecule has 0 bridgehead atoms. The van der Waals surface area contributed by atoms with Crippen molar-refractivity contribution in [3.63, 3.8) is 0 Å². The van der Waals surface area contributed by atoms with Gasteiger partial charge in [0.05, 0.1) is 7.11 Å². The van der Waals surface area contributed by atoms with E-state index in [4.69, 9.17) is 9.57 Å². The van der Waals surface area contributed by atoms with E-state index in [0.717, 1.165) is 10.3 Å². The number of hydrogen-bond acceptors (Lipinski definition) is 4. The van der Waals surface area contributed by atoms with Crippen LogP contribution in [0, 0.1) is 5.82 Å². The minimum atomic E-state index is -0.606. The van der Waals surface area contributed by atoms with Gasteiger partial charge in [0.1, 0.15) is 23.7 Å². The van der Waals surface area contributed by atoms with Gasteiger partial charge in [0.15, 0.2) is 0 Å². The monoisotopic (exact) mass is 368 g/mol. The Balaban J connectivity index is 1.73. The number of amides is 1. The first-order valence-corrected chi connectivity index (χ1v) is 8.11. The Morgan fingerprint density at radius 3 is 2.63 bits per heavy atom. The zero-order valence-corrected chi connectivity index (χ0v) is 14.5. The number of nitrogens with zero attached hydrogens (tertiary/aromatic N) is 1. The highest BCUT2D eigenvalue weighted by molar-refractivity contribution is 6.03. The first kappa shape index (κ1) is 18.2. The third-order valence-corrected chi connectivity index (χ3v) is 3.77. The van der Waals surface area contributed by atoms with Gasteiger partial charge in [-0.3, -0.25) is 9.59 Å². The van der Waals surface area contributed by atoms with Crippen LogP contribution < -0.4 is 20.5 Å². The van der Waals surface area contributed by atoms with Gasteiger partial charge in [-0.25, -0.2) is 4.39 Å². The zero-order chi connectivity index (χ0) is 19.2. The first-order valence-electron chi connectivity index (χ1n) is 8.11. The van der Waals surface area contributed by atoms with Crippen molar-refractivity contribution < 1.29 is 18.8 Å². The third-order valence-electron chi connectivity index (χ3n) is 3.77. The number of halogens is 1. The highest BCUT2D eigenvalue weighted by Gasteiger charge is 2.13. The van der Waals surface area contributed by atoms with Crippen LogP contribution in [0.4, 0.5) is 10.1 Å². The summed E-state index contributed by atoms with van der Waals surface area (Å²) in [6.45, 7) is 0.125. The van der Waals surface area contributed by atoms with Crippen molar-refractivity contribution in [3.05, 3.63) is 94.2 Å². The van der Waals surface area contributed by atoms with E-state index in [9.17, 15) is 14.0 Å². The van der Waals surface area contributed by atoms with E-state index in [0.29, 0.717) is 11.4 Å². The molecular weight excluding hydrogens is 351 g/mol. The summed E-state index contributed by atoms with van der Waals surface area (Å²) in [7, 11) is 1.56. The second-order valence-corrected chi connectivity index (χ2v) is 5.64. The summed E-state index contributed by atoms with van der Waals surface area (Å²) in [5.74, 6) is -0.345. The molecule has 3 rings (SSSR count). The smallest absolute Gasteiger partial charge is 0.295 e. The van der Waals surface area contributed by atoms with Crippen LogP contribution in [0.2, 0.25) is 0 Å². The van der Waals surface area contributed by atoms with Crippen molar-refractivity contribution in [2.75, 3.05) is 12.4 Å². The van der Waals surface area contributed by atoms with Crippen molar-refractivity contribution in [1.82, 2.24) is 4.73 Å². The normalized spacial score (nSPS) is 10.3. The van der Waals surface area contributed by atoms with E-state index < -0.39 is 17.3 Å². The number of pyridine rings is 1. The predicted octanol–water partition coefficient (Wildman–Crippen LogP) is 2.88. The lowest BCUT2D eigenvalue weighted by atomic mass is 10.2. The van der Waals surface area contributed by atoms with E-state index in [1.54, 1.807) is 19.2 Å². The fourth-order valence-corrected chi connectivity index (χ4v) is 2.39. The molecule has 0 atom stereocenters. The minimum absolute atomic E-state index is 0.0903. The fourth-order valence-electron chi connectivity index (χ4n) is 2.39. The number of hydrogen-bond donors (Lipinski definition) is 1. The van der Waals surface area contributed by atoms with Crippen LogP contribution in [-0.2, 0) is 6.61 Å². The molecule has 6 nitrogen and oxygen atoms in total. The Bertz CT molecular complexity index is 999. The molecule has 0 saturated carbocycles. The fraction of sp³-hybridized carbons (Fsp3) is 0.100. The summed E-state index contributed by atoms with van der Waals surface area (Å²) in [5, 5.41) is 2.55. The van der Waals surface area contributed by atoms with Crippen LogP contribution in [0.1, 0.15) is 15.9 Å². The Morgan fingerprint density at radius 2 is 1.89 bits per heavy atom. The highest BCUT2D eigenvalue weighted by atomic mass is 19.1. The Labute approximate surface area is 154 Å². The van der Waals surface area contributed by atoms with Crippen molar-refractivity contribution in [1.29, 1.82) is 0 Å². The van der Waals surface area contributed by atoms with Crippen molar-refractivity contribution in [3.8, 4) is 5.75 Å². The van der Waals surface area contributed by atoms with Crippen LogP contribution in [0.15, 0.2) is 71.7 Å². The molecule has 0 radical (unpaired) electrons. The first-order chi connectivity index (χ1) is 13.1. The molecular formula is C20H17FN2O4. The average Bonchev–Trinajstić information content (AvgIpc) is 2.69. The number of carbonyl (C=O) groups excluding carboxylic acids is 1. The second kappa shape index (κ2) is 8.18. The van der Waals surface area contributed by atoms with Gasteiger partial charge >= 0.3 is 0 Å². The maximum Gasteiger partial charge on any atom is 0.295 e. The van der Waals surface area contributed by atoms with Crippen LogP contribution in [0.25, 0.3) is 0 Å². The standard InChI is InChI=1S/C20H17FN2O4/c1-26-17-5-2-4-14(12-17)13-27-23-11-3-6-18(20(23)25)19(24)22-16-9-7-15(21)8-10-16/h2-12H,13H2,1H3,(H,22,24). The minimum Gasteiger partial charge on any atom is -0.497 e. The van der Waals surface area contributed by atoms with E-state index in [1.807, 2.05) is 12.1 Å². The number of nitrogens with one attached hydrogen (secondary N) is 1. The quantitative estimate of drug-likeness (QED) is 0.726. The number of ether oxygens (including phenoxy) is 1. The second-order valence-electron chi connectivity index (χ2n) is 5.64. The molecule has 0 aliphatic rings. The van der Waals surface area contributed by atoms with Crippen molar-refractivity contribution in [2.24, 2.45) is 0 Å². The topological polar surface area (TPSA) is 69.6 Å². The Kier molecular flexibility index (Phi) is 5.51. The summed E-state index contributed by atoms with van der Waals surface area (Å²) in [4.78, 5) is 30.3. The maximum absolute atomic E-state index is 12.9. The molecule has 138 valence electrons. The highest BCUT2D eigenvalue weighted by Crippen LogP contribution is 2.12. The van der Waals surface area contributed by atoms with Gasteiger partial charge in [-0.1, -0.05) is 12.1 Å². The molecule has 2 aromatic carbocycles. The van der Waals surface area contributed by atoms with Crippen molar-refractivity contribution >= 4 is 11.6 Å². The third kappa shape index (κ3) is 4.52. The van der Waals surface area contributed by atoms with Crippen molar-refractivity contribution in [2.45, 2.75) is 6.61 Å². The molecule has 0 unspecified atom stereocenters. The van der Waals surface area contributed by atoms with Gasteiger partial charge in [-0.15, -0.1) is 0 Å². The molecule has 0 aliphatic carbocycles. The molecule has 3 aromatic rings. The number of carbonyl (C=O) groups is 1. The van der Waals surface area contributed by atoms with E-state index in [2.05, 4.69) is 5.32 Å². The number of aromatic nitrogens is 1. The van der Waals surface area contributed by atoms with Gasteiger partial charge < -0.3 is 14.9 Å². The lowest BCUT2D eigenvalue weighted by Crippen LogP contribution is -2.32. The lowest BCUT2D eigenvalue weighted by Gasteiger charge is -2.11. The summed E-state index contributed by atoms with van der Waals surface area (Å²) in [6, 6.07) is 15.4. The molecule has 0 spiro atoms. The van der Waals surface area contributed by atoms with Gasteiger partial charge in [0, 0.05) is 11.9 Å². The summed E-state index contributed by atoms with van der Waals surface area (Å²) >= 11 is 0. The predicted molar refractivity (Wildman–Crippen MR) is 98.3 cm³/mol. The van der Waals surface area contributed by atoms with Crippen LogP contribution in [0.5, 0.6) is 5.75 Å². The van der Waals surface area contributed by atoms with E-state index >= 15 is 0 Å². The molecule has 1 aromatic heterocycles. The van der Waals surface area contributed by atoms with Gasteiger partial charge in [-0.2, -0.15) is 4.73 Å². The van der Waals surface area contributed by atoms with Gasteiger partial charge in [-0.05, 0) is 54.1 Å². The Hall–Kier alpha value is -3.61. The summed E-state index contributed by atoms with van der Waals surface area (Å²) < 4.78 is 19.1. The summed E-state index contributed by atoms with van der Waals surface area (Å²) in [6.07, 6.45) is 1.43. The average molecular weight is 368 g/mol. The molecule has 0 aliphatic heterocycles. The van der Waals surface area contributed by atoms with Crippen LogP contribution >= 0.6 is 0 Å². The van der Waals surface area contributed by atoms with Crippen LogP contribution in [-0.4, -0.2) is 17.7 Å². The van der Waals surface area contributed by atoms with E-state index in [1.165, 1.54) is 42.6 Å². The van der Waals surface area contributed by atoms with Gasteiger partial charge in [0.2, 0.25) is 0 Å². The number of benzene rings is 2. The molecule has 1 N–H and O–H groups in total. The zero-order valence-electron chi connectivity index (χ0n) is 14.5. The molecule has 1 heterocycles. The Morgan fingerprint density at radius 1 is 1.11 bits per heavy atom. The lowest BCUT2D eigenvalue weighted by molar-refractivity contribution is 0.0862. The number of anilines is 1. The van der Waals surface area contributed by atoms with Crippen LogP contribution in [0.3, 0.4) is 0 Å². The molecule has 0 fully saturated rings. The van der Waals surface area contributed by atoms with E-state index in [-0.39, 0.29) is 12.2 Å². The molecule has 0 saturated heterocycles. The molecule has 7 heteroatoms. The maximum atomic E-state index is 12.9. The number of rotatable bonds is 6. The largest absolute Gasteiger partial charge is 0.497 e.